The van der Waals surface area contributed by atoms with E-state index in [0.717, 1.165) is 5.57 Å². The van der Waals surface area contributed by atoms with E-state index < -0.39 is 0 Å². The van der Waals surface area contributed by atoms with Crippen molar-refractivity contribution in [1.29, 1.82) is 0 Å². The molecule has 20 heavy (non-hydrogen) atoms. The van der Waals surface area contributed by atoms with Gasteiger partial charge in [0.25, 0.3) is 0 Å². The second-order valence-corrected chi connectivity index (χ2v) is 4.78. The average Bonchev–Trinajstić information content (AvgIpc) is 2.51. The lowest BCUT2D eigenvalue weighted by atomic mass is 9.98. The molecule has 2 aromatic carbocycles. The molecule has 0 radical (unpaired) electrons. The molecule has 2 aromatic rings. The third-order valence-corrected chi connectivity index (χ3v) is 3.33. The van der Waals surface area contributed by atoms with Crippen LogP contribution in [0.4, 0.5) is 0 Å². The van der Waals surface area contributed by atoms with E-state index in [1.165, 1.54) is 22.3 Å². The Hall–Kier alpha value is -2.34. The van der Waals surface area contributed by atoms with Crippen LogP contribution < -0.4 is 0 Å². The van der Waals surface area contributed by atoms with Crippen LogP contribution in [0, 0.1) is 6.92 Å². The Morgan fingerprint density at radius 1 is 0.850 bits per heavy atom. The first-order valence-electron chi connectivity index (χ1n) is 6.87. The second-order valence-electron chi connectivity index (χ2n) is 4.78. The van der Waals surface area contributed by atoms with Crippen molar-refractivity contribution in [3.05, 3.63) is 96.1 Å². The van der Waals surface area contributed by atoms with Crippen LogP contribution in [0.1, 0.15) is 23.6 Å². The van der Waals surface area contributed by atoms with Gasteiger partial charge in [-0.1, -0.05) is 78.9 Å². The molecule has 0 atom stereocenters. The van der Waals surface area contributed by atoms with Crippen LogP contribution in [0.25, 0.3) is 11.1 Å². The van der Waals surface area contributed by atoms with Gasteiger partial charge in [-0.3, -0.25) is 0 Å². The van der Waals surface area contributed by atoms with Crippen molar-refractivity contribution >= 4 is 11.1 Å². The molecule has 0 amide bonds. The summed E-state index contributed by atoms with van der Waals surface area (Å²) in [7, 11) is 0. The molecule has 0 N–H and O–H groups in total. The molecule has 0 spiro atoms. The van der Waals surface area contributed by atoms with Gasteiger partial charge in [-0.2, -0.15) is 0 Å². The van der Waals surface area contributed by atoms with Gasteiger partial charge < -0.3 is 0 Å². The predicted molar refractivity (Wildman–Crippen MR) is 89.4 cm³/mol. The number of rotatable bonds is 4. The number of aryl methyl sites for hydroxylation is 1. The molecule has 0 aliphatic carbocycles. The zero-order valence-corrected chi connectivity index (χ0v) is 12.1. The lowest BCUT2D eigenvalue weighted by molar-refractivity contribution is 1.45. The lowest BCUT2D eigenvalue weighted by Crippen LogP contribution is -1.85. The molecule has 0 nitrogen and oxygen atoms in total. The van der Waals surface area contributed by atoms with Gasteiger partial charge in [-0.05, 0) is 42.2 Å². The maximum atomic E-state index is 3.95. The van der Waals surface area contributed by atoms with Gasteiger partial charge in [0.15, 0.2) is 0 Å². The van der Waals surface area contributed by atoms with Crippen LogP contribution in [-0.2, 0) is 0 Å². The summed E-state index contributed by atoms with van der Waals surface area (Å²) in [5, 5.41) is 0. The summed E-state index contributed by atoms with van der Waals surface area (Å²) >= 11 is 0. The highest BCUT2D eigenvalue weighted by molar-refractivity contribution is 5.87. The highest BCUT2D eigenvalue weighted by atomic mass is 14.1. The standard InChI is InChI=1S/C20H20/c1-4-17(19-9-7-6-8-10-19)15-18(5-2)20-13-11-16(3)12-14-20/h4-15H,2H2,1,3H3/b17-4+,18-15+. The molecule has 0 unspecified atom stereocenters. The van der Waals surface area contributed by atoms with Crippen molar-refractivity contribution in [2.24, 2.45) is 0 Å². The molecular weight excluding hydrogens is 240 g/mol. The summed E-state index contributed by atoms with van der Waals surface area (Å²) in [6, 6.07) is 19.0. The fraction of sp³-hybridized carbons (Fsp3) is 0.100. The highest BCUT2D eigenvalue weighted by Crippen LogP contribution is 2.23. The van der Waals surface area contributed by atoms with Gasteiger partial charge in [0.05, 0.1) is 0 Å². The minimum atomic E-state index is 1.14. The van der Waals surface area contributed by atoms with Gasteiger partial charge in [0.1, 0.15) is 0 Å². The van der Waals surface area contributed by atoms with Crippen LogP contribution >= 0.6 is 0 Å². The van der Waals surface area contributed by atoms with Crippen molar-refractivity contribution in [2.45, 2.75) is 13.8 Å². The highest BCUT2D eigenvalue weighted by Gasteiger charge is 2.01. The summed E-state index contributed by atoms with van der Waals surface area (Å²) in [4.78, 5) is 0. The van der Waals surface area contributed by atoms with E-state index in [0.29, 0.717) is 0 Å². The monoisotopic (exact) mass is 260 g/mol. The van der Waals surface area contributed by atoms with Gasteiger partial charge in [0, 0.05) is 0 Å². The molecule has 0 aromatic heterocycles. The second kappa shape index (κ2) is 6.72. The molecule has 0 aliphatic heterocycles. The third kappa shape index (κ3) is 3.36. The minimum Gasteiger partial charge on any atom is -0.0984 e. The SMILES string of the molecule is C=C/C(=C\C(=C/C)c1ccccc1)c1ccc(C)cc1. The number of hydrogen-bond donors (Lipinski definition) is 0. The summed E-state index contributed by atoms with van der Waals surface area (Å²) in [5.41, 5.74) is 6.04. The quantitative estimate of drug-likeness (QED) is 0.621. The molecule has 0 saturated carbocycles. The van der Waals surface area contributed by atoms with E-state index in [4.69, 9.17) is 0 Å². The Kier molecular flexibility index (Phi) is 4.73. The maximum Gasteiger partial charge on any atom is -0.0184 e. The van der Waals surface area contributed by atoms with Gasteiger partial charge in [-0.25, -0.2) is 0 Å². The average molecular weight is 260 g/mol. The van der Waals surface area contributed by atoms with Crippen LogP contribution in [0.3, 0.4) is 0 Å². The van der Waals surface area contributed by atoms with Crippen molar-refractivity contribution in [2.75, 3.05) is 0 Å². The fourth-order valence-electron chi connectivity index (χ4n) is 2.14. The van der Waals surface area contributed by atoms with Crippen molar-refractivity contribution in [1.82, 2.24) is 0 Å². The molecule has 0 saturated heterocycles. The predicted octanol–water partition coefficient (Wildman–Crippen LogP) is 5.67. The van der Waals surface area contributed by atoms with Crippen molar-refractivity contribution in [3.63, 3.8) is 0 Å². The molecular formula is C20H20. The Morgan fingerprint density at radius 2 is 1.45 bits per heavy atom. The zero-order chi connectivity index (χ0) is 14.4. The largest absolute Gasteiger partial charge is 0.0984 e. The summed E-state index contributed by atoms with van der Waals surface area (Å²) in [5.74, 6) is 0. The molecule has 2 rings (SSSR count). The smallest absolute Gasteiger partial charge is 0.0184 e. The number of hydrogen-bond acceptors (Lipinski definition) is 0. The third-order valence-electron chi connectivity index (χ3n) is 3.33. The Morgan fingerprint density at radius 3 is 2.00 bits per heavy atom. The van der Waals surface area contributed by atoms with E-state index in [1.54, 1.807) is 0 Å². The Bertz CT molecular complexity index is 625. The Balaban J connectivity index is 2.40. The Labute approximate surface area is 121 Å². The van der Waals surface area contributed by atoms with Crippen LogP contribution in [-0.4, -0.2) is 0 Å². The molecule has 0 aliphatic rings. The number of benzene rings is 2. The van der Waals surface area contributed by atoms with Crippen molar-refractivity contribution < 1.29 is 0 Å². The van der Waals surface area contributed by atoms with Gasteiger partial charge >= 0.3 is 0 Å². The fourth-order valence-corrected chi connectivity index (χ4v) is 2.14. The first-order valence-corrected chi connectivity index (χ1v) is 6.87. The molecule has 0 heterocycles. The molecule has 0 fully saturated rings. The summed E-state index contributed by atoms with van der Waals surface area (Å²) in [6.07, 6.45) is 6.23. The summed E-state index contributed by atoms with van der Waals surface area (Å²) < 4.78 is 0. The van der Waals surface area contributed by atoms with E-state index in [1.807, 2.05) is 12.1 Å². The minimum absolute atomic E-state index is 1.14. The summed E-state index contributed by atoms with van der Waals surface area (Å²) in [6.45, 7) is 8.11. The normalized spacial score (nSPS) is 12.3. The van der Waals surface area contributed by atoms with E-state index in [2.05, 4.69) is 81.1 Å². The first kappa shape index (κ1) is 14.1. The van der Waals surface area contributed by atoms with E-state index >= 15 is 0 Å². The van der Waals surface area contributed by atoms with Crippen LogP contribution in [0.15, 0.2) is 79.4 Å². The van der Waals surface area contributed by atoms with Crippen LogP contribution in [0.5, 0.6) is 0 Å². The van der Waals surface area contributed by atoms with Crippen LogP contribution in [0.2, 0.25) is 0 Å². The zero-order valence-electron chi connectivity index (χ0n) is 12.1. The van der Waals surface area contributed by atoms with E-state index in [9.17, 15) is 0 Å². The number of allylic oxidation sites excluding steroid dienone is 5. The van der Waals surface area contributed by atoms with Gasteiger partial charge in [-0.15, -0.1) is 0 Å². The first-order chi connectivity index (χ1) is 9.74. The molecule has 0 bridgehead atoms. The van der Waals surface area contributed by atoms with Crippen molar-refractivity contribution in [3.8, 4) is 0 Å². The topological polar surface area (TPSA) is 0 Å². The lowest BCUT2D eigenvalue weighted by Gasteiger charge is -2.07. The molecule has 0 heteroatoms. The maximum absolute atomic E-state index is 3.95. The van der Waals surface area contributed by atoms with Gasteiger partial charge in [0.2, 0.25) is 0 Å². The van der Waals surface area contributed by atoms with E-state index in [-0.39, 0.29) is 0 Å². The molecule has 100 valence electrons.